The molecular formula is C6H11F2N. The topological polar surface area (TPSA) is 12.0 Å². The summed E-state index contributed by atoms with van der Waals surface area (Å²) in [6, 6.07) is 0. The Morgan fingerprint density at radius 3 is 2.11 bits per heavy atom. The van der Waals surface area contributed by atoms with E-state index >= 15 is 0 Å². The van der Waals surface area contributed by atoms with Gasteiger partial charge in [0.2, 0.25) is 0 Å². The first-order valence-corrected chi connectivity index (χ1v) is 3.13. The van der Waals surface area contributed by atoms with Crippen LogP contribution >= 0.6 is 0 Å². The predicted molar refractivity (Wildman–Crippen MR) is 31.5 cm³/mol. The van der Waals surface area contributed by atoms with E-state index in [2.05, 4.69) is 5.32 Å². The van der Waals surface area contributed by atoms with Crippen molar-refractivity contribution in [1.29, 1.82) is 0 Å². The van der Waals surface area contributed by atoms with Gasteiger partial charge in [0.1, 0.15) is 0 Å². The molecule has 0 heterocycles. The van der Waals surface area contributed by atoms with Crippen molar-refractivity contribution >= 4 is 0 Å². The monoisotopic (exact) mass is 135 g/mol. The number of nitrogens with one attached hydrogen (secondary N) is 1. The summed E-state index contributed by atoms with van der Waals surface area (Å²) in [5.74, 6) is -3.21. The molecule has 0 bridgehead atoms. The van der Waals surface area contributed by atoms with Crippen molar-refractivity contribution in [3.8, 4) is 0 Å². The number of rotatable bonds is 2. The molecule has 0 aromatic heterocycles. The van der Waals surface area contributed by atoms with Crippen LogP contribution in [0.25, 0.3) is 0 Å². The molecule has 2 atom stereocenters. The lowest BCUT2D eigenvalue weighted by molar-refractivity contribution is 0.0867. The van der Waals surface area contributed by atoms with Crippen LogP contribution in [0.3, 0.4) is 0 Å². The second-order valence-electron chi connectivity index (χ2n) is 2.63. The molecule has 1 nitrogen and oxygen atoms in total. The van der Waals surface area contributed by atoms with E-state index in [9.17, 15) is 8.78 Å². The van der Waals surface area contributed by atoms with E-state index in [1.165, 1.54) is 0 Å². The molecule has 9 heavy (non-hydrogen) atoms. The van der Waals surface area contributed by atoms with Gasteiger partial charge >= 0.3 is 0 Å². The standard InChI is InChI=1S/C6H11F2N/c1-4-5(3-9-2)6(4,7)8/h4-5,9H,3H2,1-2H3/t4-,5-/m0/s1. The Labute approximate surface area is 53.4 Å². The van der Waals surface area contributed by atoms with Gasteiger partial charge in [0.15, 0.2) is 0 Å². The summed E-state index contributed by atoms with van der Waals surface area (Å²) in [6.07, 6.45) is 0. The third kappa shape index (κ3) is 0.936. The molecule has 54 valence electrons. The van der Waals surface area contributed by atoms with Gasteiger partial charge in [-0.15, -0.1) is 0 Å². The maximum Gasteiger partial charge on any atom is 0.255 e. The lowest BCUT2D eigenvalue weighted by Crippen LogP contribution is -2.13. The zero-order valence-electron chi connectivity index (χ0n) is 5.62. The zero-order chi connectivity index (χ0) is 7.07. The van der Waals surface area contributed by atoms with Crippen molar-refractivity contribution in [3.05, 3.63) is 0 Å². The molecule has 0 radical (unpaired) electrons. The van der Waals surface area contributed by atoms with E-state index in [1.54, 1.807) is 14.0 Å². The van der Waals surface area contributed by atoms with Crippen molar-refractivity contribution in [3.63, 3.8) is 0 Å². The molecule has 0 amide bonds. The molecule has 0 spiro atoms. The summed E-state index contributed by atoms with van der Waals surface area (Å²) in [7, 11) is 1.70. The fourth-order valence-electron chi connectivity index (χ4n) is 1.09. The molecule has 1 aliphatic carbocycles. The Balaban J connectivity index is 2.33. The number of hydrogen-bond acceptors (Lipinski definition) is 1. The average Bonchev–Trinajstić information content (AvgIpc) is 2.19. The van der Waals surface area contributed by atoms with E-state index in [0.29, 0.717) is 6.54 Å². The predicted octanol–water partition coefficient (Wildman–Crippen LogP) is 1.11. The van der Waals surface area contributed by atoms with Crippen LogP contribution < -0.4 is 5.32 Å². The largest absolute Gasteiger partial charge is 0.319 e. The highest BCUT2D eigenvalue weighted by Crippen LogP contribution is 2.54. The molecule has 1 rings (SSSR count). The summed E-state index contributed by atoms with van der Waals surface area (Å²) in [6.45, 7) is 2.02. The van der Waals surface area contributed by atoms with Crippen molar-refractivity contribution in [2.75, 3.05) is 13.6 Å². The van der Waals surface area contributed by atoms with Gasteiger partial charge in [0, 0.05) is 18.4 Å². The summed E-state index contributed by atoms with van der Waals surface area (Å²) in [5, 5.41) is 2.74. The average molecular weight is 135 g/mol. The molecule has 1 N–H and O–H groups in total. The lowest BCUT2D eigenvalue weighted by Gasteiger charge is -1.93. The molecular weight excluding hydrogens is 124 g/mol. The van der Waals surface area contributed by atoms with E-state index in [-0.39, 0.29) is 0 Å². The third-order valence-corrected chi connectivity index (χ3v) is 2.02. The Kier molecular flexibility index (Phi) is 1.47. The number of alkyl halides is 2. The van der Waals surface area contributed by atoms with Crippen LogP contribution in [0.15, 0.2) is 0 Å². The molecule has 1 fully saturated rings. The minimum absolute atomic E-state index is 0.412. The molecule has 1 saturated carbocycles. The molecule has 1 aliphatic rings. The first-order chi connectivity index (χ1) is 4.10. The maximum absolute atomic E-state index is 12.3. The minimum Gasteiger partial charge on any atom is -0.319 e. The van der Waals surface area contributed by atoms with Gasteiger partial charge < -0.3 is 5.32 Å². The van der Waals surface area contributed by atoms with E-state index < -0.39 is 17.8 Å². The molecule has 0 aromatic rings. The van der Waals surface area contributed by atoms with Gasteiger partial charge in [0.05, 0.1) is 0 Å². The van der Waals surface area contributed by atoms with E-state index in [4.69, 9.17) is 0 Å². The summed E-state index contributed by atoms with van der Waals surface area (Å²) in [4.78, 5) is 0. The van der Waals surface area contributed by atoms with Crippen molar-refractivity contribution in [2.45, 2.75) is 12.8 Å². The molecule has 0 unspecified atom stereocenters. The minimum atomic E-state index is -2.39. The normalized spacial score (nSPS) is 38.7. The lowest BCUT2D eigenvalue weighted by atomic mass is 10.3. The van der Waals surface area contributed by atoms with Crippen LogP contribution in [-0.2, 0) is 0 Å². The summed E-state index contributed by atoms with van der Waals surface area (Å²) >= 11 is 0. The van der Waals surface area contributed by atoms with Gasteiger partial charge in [-0.05, 0) is 7.05 Å². The first kappa shape index (κ1) is 6.93. The van der Waals surface area contributed by atoms with Crippen LogP contribution in [0.1, 0.15) is 6.92 Å². The van der Waals surface area contributed by atoms with Gasteiger partial charge in [-0.25, -0.2) is 8.78 Å². The maximum atomic E-state index is 12.3. The van der Waals surface area contributed by atoms with E-state index in [1.807, 2.05) is 0 Å². The molecule has 0 aromatic carbocycles. The second kappa shape index (κ2) is 1.90. The smallest absolute Gasteiger partial charge is 0.255 e. The Hall–Kier alpha value is -0.180. The summed E-state index contributed by atoms with van der Waals surface area (Å²) < 4.78 is 24.7. The number of halogens is 2. The molecule has 0 saturated heterocycles. The highest BCUT2D eigenvalue weighted by molar-refractivity contribution is 5.03. The van der Waals surface area contributed by atoms with Crippen LogP contribution in [0.2, 0.25) is 0 Å². The third-order valence-electron chi connectivity index (χ3n) is 2.02. The van der Waals surface area contributed by atoms with Crippen molar-refractivity contribution in [1.82, 2.24) is 5.32 Å². The Morgan fingerprint density at radius 2 is 2.00 bits per heavy atom. The van der Waals surface area contributed by atoms with Gasteiger partial charge in [-0.3, -0.25) is 0 Å². The molecule has 0 aliphatic heterocycles. The van der Waals surface area contributed by atoms with E-state index in [0.717, 1.165) is 0 Å². The van der Waals surface area contributed by atoms with Crippen LogP contribution in [-0.4, -0.2) is 19.5 Å². The van der Waals surface area contributed by atoms with Crippen LogP contribution in [0.5, 0.6) is 0 Å². The zero-order valence-corrected chi connectivity index (χ0v) is 5.62. The van der Waals surface area contributed by atoms with Gasteiger partial charge in [0.25, 0.3) is 5.92 Å². The highest BCUT2D eigenvalue weighted by Gasteiger charge is 2.64. The molecule has 3 heteroatoms. The fourth-order valence-corrected chi connectivity index (χ4v) is 1.09. The van der Waals surface area contributed by atoms with Crippen molar-refractivity contribution < 1.29 is 8.78 Å². The Bertz CT molecular complexity index is 114. The fraction of sp³-hybridized carbons (Fsp3) is 1.00. The SMILES string of the molecule is CNC[C@H]1[C@H](C)C1(F)F. The quantitative estimate of drug-likeness (QED) is 0.598. The Morgan fingerprint density at radius 1 is 1.56 bits per heavy atom. The number of hydrogen-bond donors (Lipinski definition) is 1. The van der Waals surface area contributed by atoms with Crippen molar-refractivity contribution in [2.24, 2.45) is 11.8 Å². The van der Waals surface area contributed by atoms with Crippen LogP contribution in [0.4, 0.5) is 8.78 Å². The summed E-state index contributed by atoms with van der Waals surface area (Å²) in [5.41, 5.74) is 0. The van der Waals surface area contributed by atoms with Gasteiger partial charge in [-0.1, -0.05) is 6.92 Å². The van der Waals surface area contributed by atoms with Crippen LogP contribution in [0, 0.1) is 11.8 Å². The second-order valence-corrected chi connectivity index (χ2v) is 2.63. The van der Waals surface area contributed by atoms with Gasteiger partial charge in [-0.2, -0.15) is 0 Å². The highest BCUT2D eigenvalue weighted by atomic mass is 19.3. The first-order valence-electron chi connectivity index (χ1n) is 3.13.